The van der Waals surface area contributed by atoms with Crippen LogP contribution >= 0.6 is 0 Å². The van der Waals surface area contributed by atoms with E-state index in [1.165, 1.54) is 0 Å². The molecule has 1 aromatic rings. The molecule has 0 aromatic heterocycles. The van der Waals surface area contributed by atoms with Gasteiger partial charge in [0.15, 0.2) is 0 Å². The van der Waals surface area contributed by atoms with E-state index in [4.69, 9.17) is 9.47 Å². The number of likely N-dealkylation sites (tertiary alicyclic amines) is 1. The van der Waals surface area contributed by atoms with Gasteiger partial charge in [0.1, 0.15) is 5.60 Å². The predicted molar refractivity (Wildman–Crippen MR) is 87.1 cm³/mol. The fraction of sp³-hybridized carbons (Fsp3) is 0.556. The molecule has 1 aliphatic heterocycles. The zero-order chi connectivity index (χ0) is 16.9. The first kappa shape index (κ1) is 17.3. The summed E-state index contributed by atoms with van der Waals surface area (Å²) in [5.74, 6) is -0.506. The molecular weight excluding hydrogens is 294 g/mol. The summed E-state index contributed by atoms with van der Waals surface area (Å²) in [7, 11) is 0. The number of nitrogens with zero attached hydrogens (tertiary/aromatic N) is 1. The van der Waals surface area contributed by atoms with Gasteiger partial charge in [0.25, 0.3) is 0 Å². The third-order valence-corrected chi connectivity index (χ3v) is 3.54. The van der Waals surface area contributed by atoms with Gasteiger partial charge in [-0.25, -0.2) is 9.59 Å². The second kappa shape index (κ2) is 7.49. The maximum absolute atomic E-state index is 12.4. The van der Waals surface area contributed by atoms with Crippen molar-refractivity contribution in [3.05, 3.63) is 35.9 Å². The van der Waals surface area contributed by atoms with Crippen molar-refractivity contribution in [2.45, 2.75) is 51.7 Å². The van der Waals surface area contributed by atoms with Gasteiger partial charge in [-0.3, -0.25) is 0 Å². The number of benzene rings is 1. The largest absolute Gasteiger partial charge is 0.457 e. The lowest BCUT2D eigenvalue weighted by Gasteiger charge is -2.25. The van der Waals surface area contributed by atoms with Gasteiger partial charge >= 0.3 is 12.1 Å². The Kier molecular flexibility index (Phi) is 5.64. The Bertz CT molecular complexity index is 530. The lowest BCUT2D eigenvalue weighted by atomic mass is 10.1. The van der Waals surface area contributed by atoms with E-state index in [1.54, 1.807) is 25.7 Å². The van der Waals surface area contributed by atoms with Crippen molar-refractivity contribution in [3.8, 4) is 0 Å². The second-order valence-electron chi connectivity index (χ2n) is 6.79. The van der Waals surface area contributed by atoms with Crippen molar-refractivity contribution in [1.29, 1.82) is 0 Å². The zero-order valence-electron chi connectivity index (χ0n) is 14.1. The smallest absolute Gasteiger partial charge is 0.410 e. The quantitative estimate of drug-likeness (QED) is 0.800. The van der Waals surface area contributed by atoms with E-state index in [0.29, 0.717) is 19.5 Å². The van der Waals surface area contributed by atoms with Gasteiger partial charge in [-0.1, -0.05) is 30.3 Å². The molecule has 0 radical (unpaired) electrons. The lowest BCUT2D eigenvalue weighted by molar-refractivity contribution is -0.165. The average Bonchev–Trinajstić information content (AvgIpc) is 3.00. The van der Waals surface area contributed by atoms with Gasteiger partial charge in [0.05, 0.1) is 0 Å². The fourth-order valence-electron chi connectivity index (χ4n) is 2.46. The van der Waals surface area contributed by atoms with Crippen LogP contribution in [0.2, 0.25) is 0 Å². The molecule has 1 saturated heterocycles. The minimum absolute atomic E-state index is 0.315. The summed E-state index contributed by atoms with van der Waals surface area (Å²) in [5.41, 5.74) is 0.309. The van der Waals surface area contributed by atoms with Crippen molar-refractivity contribution in [1.82, 2.24) is 4.90 Å². The third-order valence-electron chi connectivity index (χ3n) is 3.54. The normalized spacial score (nSPS) is 16.0. The average molecular weight is 319 g/mol. The van der Waals surface area contributed by atoms with Crippen molar-refractivity contribution >= 4 is 12.1 Å². The third kappa shape index (κ3) is 5.58. The van der Waals surface area contributed by atoms with E-state index in [-0.39, 0.29) is 0 Å². The highest BCUT2D eigenvalue weighted by molar-refractivity contribution is 5.79. The molecule has 0 N–H and O–H groups in total. The summed E-state index contributed by atoms with van der Waals surface area (Å²) in [6, 6.07) is 9.50. The van der Waals surface area contributed by atoms with Crippen LogP contribution in [0.1, 0.15) is 39.2 Å². The number of carbonyl (C=O) groups excluding carboxylic acids is 2. The minimum Gasteiger partial charge on any atom is -0.457 e. The maximum Gasteiger partial charge on any atom is 0.410 e. The summed E-state index contributed by atoms with van der Waals surface area (Å²) in [5, 5.41) is 0. The number of hydrogen-bond donors (Lipinski definition) is 0. The van der Waals surface area contributed by atoms with Crippen LogP contribution in [-0.2, 0) is 20.7 Å². The highest BCUT2D eigenvalue weighted by Crippen LogP contribution is 2.16. The topological polar surface area (TPSA) is 55.8 Å². The Balaban J connectivity index is 2.06. The highest BCUT2D eigenvalue weighted by Gasteiger charge is 2.31. The molecule has 2 rings (SSSR count). The van der Waals surface area contributed by atoms with Crippen LogP contribution in [-0.4, -0.2) is 41.8 Å². The summed E-state index contributed by atoms with van der Waals surface area (Å²) >= 11 is 0. The van der Waals surface area contributed by atoms with Crippen LogP contribution in [0, 0.1) is 0 Å². The molecule has 1 heterocycles. The molecule has 1 unspecified atom stereocenters. The summed E-state index contributed by atoms with van der Waals surface area (Å²) in [6.07, 6.45) is 0.907. The van der Waals surface area contributed by atoms with E-state index >= 15 is 0 Å². The van der Waals surface area contributed by atoms with Crippen LogP contribution in [0.3, 0.4) is 0 Å². The summed E-state index contributed by atoms with van der Waals surface area (Å²) < 4.78 is 10.9. The van der Waals surface area contributed by atoms with Gasteiger partial charge < -0.3 is 14.4 Å². The summed E-state index contributed by atoms with van der Waals surface area (Å²) in [6.45, 7) is 6.77. The van der Waals surface area contributed by atoms with Gasteiger partial charge in [0.2, 0.25) is 6.10 Å². The Morgan fingerprint density at radius 3 is 2.30 bits per heavy atom. The van der Waals surface area contributed by atoms with Crippen molar-refractivity contribution in [2.24, 2.45) is 0 Å². The Morgan fingerprint density at radius 1 is 1.13 bits per heavy atom. The van der Waals surface area contributed by atoms with Crippen LogP contribution in [0.25, 0.3) is 0 Å². The molecule has 1 atom stereocenters. The standard InChI is InChI=1S/C18H25NO4/c1-18(2,3)23-16(20)15(13-14-9-5-4-6-10-14)22-17(21)19-11-7-8-12-19/h4-6,9-10,15H,7-8,11-13H2,1-3H3. The van der Waals surface area contributed by atoms with Crippen molar-refractivity contribution in [2.75, 3.05) is 13.1 Å². The zero-order valence-corrected chi connectivity index (χ0v) is 14.1. The Morgan fingerprint density at radius 2 is 1.74 bits per heavy atom. The molecule has 126 valence electrons. The first-order chi connectivity index (χ1) is 10.8. The van der Waals surface area contributed by atoms with E-state index < -0.39 is 23.8 Å². The van der Waals surface area contributed by atoms with Crippen molar-refractivity contribution < 1.29 is 19.1 Å². The number of hydrogen-bond acceptors (Lipinski definition) is 4. The monoisotopic (exact) mass is 319 g/mol. The van der Waals surface area contributed by atoms with E-state index in [0.717, 1.165) is 18.4 Å². The Labute approximate surface area is 137 Å². The molecule has 1 amide bonds. The molecule has 0 saturated carbocycles. The fourth-order valence-corrected chi connectivity index (χ4v) is 2.46. The van der Waals surface area contributed by atoms with E-state index in [1.807, 2.05) is 30.3 Å². The number of esters is 1. The van der Waals surface area contributed by atoms with Crippen LogP contribution < -0.4 is 0 Å². The lowest BCUT2D eigenvalue weighted by Crippen LogP contribution is -2.39. The second-order valence-corrected chi connectivity index (χ2v) is 6.79. The SMILES string of the molecule is CC(C)(C)OC(=O)C(Cc1ccccc1)OC(=O)N1CCCC1. The molecular formula is C18H25NO4. The van der Waals surface area contributed by atoms with Gasteiger partial charge in [0, 0.05) is 19.5 Å². The molecule has 1 aliphatic rings. The molecule has 1 aromatic carbocycles. The molecule has 5 heteroatoms. The number of ether oxygens (including phenoxy) is 2. The van der Waals surface area contributed by atoms with Gasteiger partial charge in [-0.2, -0.15) is 0 Å². The molecule has 5 nitrogen and oxygen atoms in total. The van der Waals surface area contributed by atoms with E-state index in [2.05, 4.69) is 0 Å². The molecule has 0 spiro atoms. The molecule has 1 fully saturated rings. The first-order valence-electron chi connectivity index (χ1n) is 8.07. The number of carbonyl (C=O) groups is 2. The van der Waals surface area contributed by atoms with Gasteiger partial charge in [-0.05, 0) is 39.2 Å². The molecule has 0 bridgehead atoms. The highest BCUT2D eigenvalue weighted by atomic mass is 16.6. The Hall–Kier alpha value is -2.04. The van der Waals surface area contributed by atoms with Crippen molar-refractivity contribution in [3.63, 3.8) is 0 Å². The van der Waals surface area contributed by atoms with Crippen LogP contribution in [0.5, 0.6) is 0 Å². The maximum atomic E-state index is 12.4. The number of rotatable bonds is 4. The number of amides is 1. The minimum atomic E-state index is -0.926. The van der Waals surface area contributed by atoms with Gasteiger partial charge in [-0.15, -0.1) is 0 Å². The predicted octanol–water partition coefficient (Wildman–Crippen LogP) is 3.17. The molecule has 0 aliphatic carbocycles. The van der Waals surface area contributed by atoms with Crippen LogP contribution in [0.4, 0.5) is 4.79 Å². The molecule has 23 heavy (non-hydrogen) atoms. The van der Waals surface area contributed by atoms with Crippen LogP contribution in [0.15, 0.2) is 30.3 Å². The summed E-state index contributed by atoms with van der Waals surface area (Å²) in [4.78, 5) is 26.2. The van der Waals surface area contributed by atoms with E-state index in [9.17, 15) is 9.59 Å². The first-order valence-corrected chi connectivity index (χ1v) is 8.07.